The van der Waals surface area contributed by atoms with Gasteiger partial charge < -0.3 is 10.5 Å². The molecule has 2 N–H and O–H groups in total. The average Bonchev–Trinajstić information content (AvgIpc) is 2.11. The van der Waals surface area contributed by atoms with Crippen LogP contribution >= 0.6 is 0 Å². The number of nitrogens with two attached hydrogens (primary N) is 1. The van der Waals surface area contributed by atoms with Gasteiger partial charge in [-0.1, -0.05) is 13.8 Å². The summed E-state index contributed by atoms with van der Waals surface area (Å²) in [5.74, 6) is -0.413. The van der Waals surface area contributed by atoms with Crippen LogP contribution in [0.2, 0.25) is 0 Å². The van der Waals surface area contributed by atoms with Crippen molar-refractivity contribution in [2.45, 2.75) is 32.7 Å². The molecule has 0 radical (unpaired) electrons. The minimum absolute atomic E-state index is 0.0103. The number of hydrogen-bond acceptors (Lipinski definition) is 4. The van der Waals surface area contributed by atoms with Crippen LogP contribution in [0.1, 0.15) is 26.7 Å². The molecule has 0 heterocycles. The first kappa shape index (κ1) is 12.1. The third kappa shape index (κ3) is 4.62. The first-order valence-electron chi connectivity index (χ1n) is 4.35. The predicted octanol–water partition coefficient (Wildman–Crippen LogP) is 0.492. The number of ketones is 1. The monoisotopic (exact) mass is 187 g/mol. The van der Waals surface area contributed by atoms with Crippen molar-refractivity contribution in [1.82, 2.24) is 0 Å². The van der Waals surface area contributed by atoms with Gasteiger partial charge in [0.1, 0.15) is 0 Å². The lowest BCUT2D eigenvalue weighted by Crippen LogP contribution is -2.34. The summed E-state index contributed by atoms with van der Waals surface area (Å²) in [6.07, 6.45) is 0.569. The molecule has 0 aromatic rings. The predicted molar refractivity (Wildman–Crippen MR) is 49.1 cm³/mol. The fourth-order valence-corrected chi connectivity index (χ4v) is 0.946. The molecule has 0 amide bonds. The molecule has 0 unspecified atom stereocenters. The van der Waals surface area contributed by atoms with Crippen molar-refractivity contribution in [3.05, 3.63) is 0 Å². The lowest BCUT2D eigenvalue weighted by atomic mass is 9.99. The Hall–Kier alpha value is -0.900. The fourth-order valence-electron chi connectivity index (χ4n) is 0.946. The Morgan fingerprint density at radius 3 is 2.31 bits per heavy atom. The topological polar surface area (TPSA) is 69.4 Å². The lowest BCUT2D eigenvalue weighted by Gasteiger charge is -2.11. The molecule has 0 spiro atoms. The van der Waals surface area contributed by atoms with E-state index >= 15 is 0 Å². The minimum atomic E-state index is -0.543. The Labute approximate surface area is 78.4 Å². The molecular weight excluding hydrogens is 170 g/mol. The van der Waals surface area contributed by atoms with Gasteiger partial charge in [-0.2, -0.15) is 0 Å². The number of methoxy groups -OCH3 is 1. The van der Waals surface area contributed by atoms with Crippen LogP contribution in [0.4, 0.5) is 0 Å². The molecule has 0 saturated heterocycles. The standard InChI is InChI=1S/C9H17NO3/c1-6(2)9(12)7(10)4-5-8(11)13-3/h6-7H,4-5,10H2,1-3H3/t7-/m1/s1. The summed E-state index contributed by atoms with van der Waals surface area (Å²) in [7, 11) is 1.32. The normalized spacial score (nSPS) is 12.7. The molecule has 0 aliphatic heterocycles. The van der Waals surface area contributed by atoms with Gasteiger partial charge in [0.25, 0.3) is 0 Å². The van der Waals surface area contributed by atoms with E-state index in [4.69, 9.17) is 5.73 Å². The molecule has 1 atom stereocenters. The molecule has 0 aromatic heterocycles. The minimum Gasteiger partial charge on any atom is -0.469 e. The van der Waals surface area contributed by atoms with E-state index in [-0.39, 0.29) is 24.1 Å². The lowest BCUT2D eigenvalue weighted by molar-refractivity contribution is -0.140. The Morgan fingerprint density at radius 1 is 1.38 bits per heavy atom. The van der Waals surface area contributed by atoms with E-state index in [1.54, 1.807) is 13.8 Å². The van der Waals surface area contributed by atoms with Crippen molar-refractivity contribution < 1.29 is 14.3 Å². The highest BCUT2D eigenvalue weighted by Gasteiger charge is 2.17. The SMILES string of the molecule is COC(=O)CC[C@@H](N)C(=O)C(C)C. The van der Waals surface area contributed by atoms with Gasteiger partial charge in [0.15, 0.2) is 5.78 Å². The van der Waals surface area contributed by atoms with Gasteiger partial charge in [0.2, 0.25) is 0 Å². The quantitative estimate of drug-likeness (QED) is 0.636. The van der Waals surface area contributed by atoms with E-state index < -0.39 is 6.04 Å². The van der Waals surface area contributed by atoms with Gasteiger partial charge in [0, 0.05) is 12.3 Å². The molecule has 0 rings (SSSR count). The average molecular weight is 187 g/mol. The number of esters is 1. The molecule has 0 saturated carbocycles. The van der Waals surface area contributed by atoms with E-state index in [1.165, 1.54) is 7.11 Å². The summed E-state index contributed by atoms with van der Waals surface area (Å²) in [4.78, 5) is 22.0. The number of ether oxygens (including phenoxy) is 1. The second-order valence-electron chi connectivity index (χ2n) is 3.28. The van der Waals surface area contributed by atoms with Crippen LogP contribution in [-0.2, 0) is 14.3 Å². The van der Waals surface area contributed by atoms with E-state index in [1.807, 2.05) is 0 Å². The largest absolute Gasteiger partial charge is 0.469 e. The smallest absolute Gasteiger partial charge is 0.305 e. The summed E-state index contributed by atoms with van der Waals surface area (Å²) in [5.41, 5.74) is 5.56. The zero-order valence-corrected chi connectivity index (χ0v) is 8.37. The van der Waals surface area contributed by atoms with E-state index in [0.29, 0.717) is 6.42 Å². The van der Waals surface area contributed by atoms with Crippen molar-refractivity contribution in [2.75, 3.05) is 7.11 Å². The molecule has 13 heavy (non-hydrogen) atoms. The highest BCUT2D eigenvalue weighted by Crippen LogP contribution is 2.04. The summed E-state index contributed by atoms with van der Waals surface area (Å²) in [6.45, 7) is 3.58. The Kier molecular flexibility index (Phi) is 5.30. The molecule has 0 aromatic carbocycles. The number of carbonyl (C=O) groups is 2. The summed E-state index contributed by atoms with van der Waals surface area (Å²) < 4.78 is 4.44. The van der Waals surface area contributed by atoms with E-state index in [9.17, 15) is 9.59 Å². The first-order chi connectivity index (χ1) is 5.99. The van der Waals surface area contributed by atoms with Gasteiger partial charge >= 0.3 is 5.97 Å². The number of rotatable bonds is 5. The molecule has 0 aliphatic rings. The van der Waals surface area contributed by atoms with Crippen LogP contribution in [0.3, 0.4) is 0 Å². The fraction of sp³-hybridized carbons (Fsp3) is 0.778. The highest BCUT2D eigenvalue weighted by molar-refractivity contribution is 5.85. The van der Waals surface area contributed by atoms with E-state index in [2.05, 4.69) is 4.74 Å². The second-order valence-corrected chi connectivity index (χ2v) is 3.28. The van der Waals surface area contributed by atoms with Crippen LogP contribution in [0.25, 0.3) is 0 Å². The summed E-state index contributed by atoms with van der Waals surface area (Å²) in [5, 5.41) is 0. The third-order valence-electron chi connectivity index (χ3n) is 1.82. The van der Waals surface area contributed by atoms with Crippen molar-refractivity contribution in [3.63, 3.8) is 0 Å². The number of hydrogen-bond donors (Lipinski definition) is 1. The maximum Gasteiger partial charge on any atom is 0.305 e. The maximum atomic E-state index is 11.3. The molecule has 0 fully saturated rings. The van der Waals surface area contributed by atoms with Crippen molar-refractivity contribution in [1.29, 1.82) is 0 Å². The van der Waals surface area contributed by atoms with Gasteiger partial charge in [-0.15, -0.1) is 0 Å². The van der Waals surface area contributed by atoms with Crippen LogP contribution in [-0.4, -0.2) is 24.9 Å². The Balaban J connectivity index is 3.81. The zero-order valence-electron chi connectivity index (χ0n) is 8.37. The molecule has 0 bridgehead atoms. The number of carbonyl (C=O) groups excluding carboxylic acids is 2. The zero-order chi connectivity index (χ0) is 10.4. The maximum absolute atomic E-state index is 11.3. The number of Topliss-reactive ketones (excluding diaryl/α,β-unsaturated/α-hetero) is 1. The van der Waals surface area contributed by atoms with Crippen LogP contribution in [0.15, 0.2) is 0 Å². The summed E-state index contributed by atoms with van der Waals surface area (Å²) >= 11 is 0. The van der Waals surface area contributed by atoms with Gasteiger partial charge in [-0.05, 0) is 6.42 Å². The van der Waals surface area contributed by atoms with Crippen LogP contribution in [0, 0.1) is 5.92 Å². The Morgan fingerprint density at radius 2 is 1.92 bits per heavy atom. The molecule has 4 nitrogen and oxygen atoms in total. The van der Waals surface area contributed by atoms with Gasteiger partial charge in [-0.3, -0.25) is 9.59 Å². The second kappa shape index (κ2) is 5.70. The molecule has 0 aliphatic carbocycles. The van der Waals surface area contributed by atoms with Crippen LogP contribution < -0.4 is 5.73 Å². The molecular formula is C9H17NO3. The first-order valence-corrected chi connectivity index (χ1v) is 4.35. The van der Waals surface area contributed by atoms with Crippen molar-refractivity contribution in [2.24, 2.45) is 11.7 Å². The van der Waals surface area contributed by atoms with Gasteiger partial charge in [0.05, 0.1) is 13.2 Å². The van der Waals surface area contributed by atoms with Gasteiger partial charge in [-0.25, -0.2) is 0 Å². The molecule has 76 valence electrons. The van der Waals surface area contributed by atoms with Crippen molar-refractivity contribution in [3.8, 4) is 0 Å². The summed E-state index contributed by atoms with van der Waals surface area (Å²) in [6, 6.07) is -0.543. The van der Waals surface area contributed by atoms with Crippen LogP contribution in [0.5, 0.6) is 0 Å². The third-order valence-corrected chi connectivity index (χ3v) is 1.82. The Bertz CT molecular complexity index is 189. The van der Waals surface area contributed by atoms with Crippen molar-refractivity contribution >= 4 is 11.8 Å². The molecule has 4 heteroatoms. The van der Waals surface area contributed by atoms with E-state index in [0.717, 1.165) is 0 Å². The highest BCUT2D eigenvalue weighted by atomic mass is 16.5.